The van der Waals surface area contributed by atoms with Crippen LogP contribution in [-0.2, 0) is 6.42 Å². The van der Waals surface area contributed by atoms with Crippen molar-refractivity contribution >= 4 is 11.5 Å². The van der Waals surface area contributed by atoms with Crippen LogP contribution < -0.4 is 10.1 Å². The van der Waals surface area contributed by atoms with E-state index in [1.807, 2.05) is 20.8 Å². The fraction of sp³-hybridized carbons (Fsp3) is 0.667. The Hall–Kier alpha value is -1.92. The van der Waals surface area contributed by atoms with Gasteiger partial charge in [0.05, 0.1) is 11.5 Å². The lowest BCUT2D eigenvalue weighted by atomic mass is 10.3. The van der Waals surface area contributed by atoms with Gasteiger partial charge in [0, 0.05) is 13.0 Å². The quantitative estimate of drug-likeness (QED) is 0.442. The molecule has 0 aromatic carbocycles. The van der Waals surface area contributed by atoms with Gasteiger partial charge in [0.25, 0.3) is 5.88 Å². The molecule has 0 spiro atoms. The third-order valence-electron chi connectivity index (χ3n) is 2.48. The predicted molar refractivity (Wildman–Crippen MR) is 72.6 cm³/mol. The Labute approximate surface area is 112 Å². The normalized spacial score (nSPS) is 10.3. The van der Waals surface area contributed by atoms with Crippen LogP contribution in [0.3, 0.4) is 0 Å². The SMILES string of the molecule is CCCCOc1nc(CC)nc(NCC)c1[N+](=O)[O-]. The molecule has 0 aliphatic heterocycles. The molecule has 1 aromatic heterocycles. The number of nitro groups is 1. The summed E-state index contributed by atoms with van der Waals surface area (Å²) in [6.07, 6.45) is 2.39. The van der Waals surface area contributed by atoms with Gasteiger partial charge in [-0.25, -0.2) is 4.98 Å². The van der Waals surface area contributed by atoms with Gasteiger partial charge in [0.2, 0.25) is 5.82 Å². The van der Waals surface area contributed by atoms with Crippen LogP contribution in [0, 0.1) is 10.1 Å². The molecular weight excluding hydrogens is 248 g/mol. The average Bonchev–Trinajstić information content (AvgIpc) is 2.38. The van der Waals surface area contributed by atoms with Gasteiger partial charge in [-0.1, -0.05) is 20.3 Å². The third-order valence-corrected chi connectivity index (χ3v) is 2.48. The third kappa shape index (κ3) is 4.04. The number of unbranched alkanes of at least 4 members (excludes halogenated alkanes) is 1. The predicted octanol–water partition coefficient (Wildman–Crippen LogP) is 2.56. The van der Waals surface area contributed by atoms with Gasteiger partial charge in [-0.2, -0.15) is 4.98 Å². The summed E-state index contributed by atoms with van der Waals surface area (Å²) in [6.45, 7) is 6.75. The fourth-order valence-electron chi connectivity index (χ4n) is 1.51. The van der Waals surface area contributed by atoms with E-state index in [1.54, 1.807) is 0 Å². The number of ether oxygens (including phenoxy) is 1. The maximum Gasteiger partial charge on any atom is 0.372 e. The van der Waals surface area contributed by atoms with Crippen molar-refractivity contribution in [1.29, 1.82) is 0 Å². The molecule has 0 atom stereocenters. The molecule has 1 heterocycles. The summed E-state index contributed by atoms with van der Waals surface area (Å²) < 4.78 is 5.44. The van der Waals surface area contributed by atoms with Gasteiger partial charge >= 0.3 is 5.69 Å². The van der Waals surface area contributed by atoms with E-state index in [9.17, 15) is 10.1 Å². The average molecular weight is 268 g/mol. The Bertz CT molecular complexity index is 437. The number of hydrogen-bond acceptors (Lipinski definition) is 6. The van der Waals surface area contributed by atoms with E-state index >= 15 is 0 Å². The topological polar surface area (TPSA) is 90.2 Å². The molecule has 1 rings (SSSR count). The summed E-state index contributed by atoms with van der Waals surface area (Å²) >= 11 is 0. The monoisotopic (exact) mass is 268 g/mol. The van der Waals surface area contributed by atoms with E-state index in [2.05, 4.69) is 15.3 Å². The van der Waals surface area contributed by atoms with Crippen LogP contribution in [0.15, 0.2) is 0 Å². The smallest absolute Gasteiger partial charge is 0.372 e. The maximum absolute atomic E-state index is 11.2. The lowest BCUT2D eigenvalue weighted by Crippen LogP contribution is -2.11. The van der Waals surface area contributed by atoms with Crippen LogP contribution in [0.5, 0.6) is 5.88 Å². The highest BCUT2D eigenvalue weighted by atomic mass is 16.6. The number of aryl methyl sites for hydroxylation is 1. The number of anilines is 1. The Morgan fingerprint density at radius 1 is 1.32 bits per heavy atom. The van der Waals surface area contributed by atoms with Crippen LogP contribution in [-0.4, -0.2) is 28.0 Å². The van der Waals surface area contributed by atoms with E-state index < -0.39 is 4.92 Å². The van der Waals surface area contributed by atoms with Crippen molar-refractivity contribution in [3.8, 4) is 5.88 Å². The van der Waals surface area contributed by atoms with Crippen LogP contribution >= 0.6 is 0 Å². The standard InChI is InChI=1S/C12H20N4O3/c1-4-7-8-19-12-10(16(17)18)11(13-6-3)14-9(5-2)15-12/h4-8H2,1-3H3,(H,13,14,15). The van der Waals surface area contributed by atoms with Crippen molar-refractivity contribution in [3.05, 3.63) is 15.9 Å². The van der Waals surface area contributed by atoms with Crippen molar-refractivity contribution in [3.63, 3.8) is 0 Å². The molecule has 0 amide bonds. The van der Waals surface area contributed by atoms with Gasteiger partial charge in [0.1, 0.15) is 5.82 Å². The van der Waals surface area contributed by atoms with Gasteiger partial charge < -0.3 is 10.1 Å². The van der Waals surface area contributed by atoms with E-state index in [4.69, 9.17) is 4.74 Å². The van der Waals surface area contributed by atoms with E-state index in [1.165, 1.54) is 0 Å². The summed E-state index contributed by atoms with van der Waals surface area (Å²) in [6, 6.07) is 0. The largest absolute Gasteiger partial charge is 0.473 e. The van der Waals surface area contributed by atoms with Gasteiger partial charge in [-0.05, 0) is 13.3 Å². The van der Waals surface area contributed by atoms with Crippen LogP contribution in [0.4, 0.5) is 11.5 Å². The van der Waals surface area contributed by atoms with Crippen molar-refractivity contribution in [2.75, 3.05) is 18.5 Å². The Morgan fingerprint density at radius 2 is 2.05 bits per heavy atom. The number of rotatable bonds is 8. The van der Waals surface area contributed by atoms with Crippen molar-refractivity contribution in [2.24, 2.45) is 0 Å². The lowest BCUT2D eigenvalue weighted by molar-refractivity contribution is -0.385. The van der Waals surface area contributed by atoms with Gasteiger partial charge in [-0.3, -0.25) is 10.1 Å². The first-order chi connectivity index (χ1) is 9.13. The van der Waals surface area contributed by atoms with Crippen molar-refractivity contribution < 1.29 is 9.66 Å². The first kappa shape index (κ1) is 15.1. The molecule has 7 heteroatoms. The van der Waals surface area contributed by atoms with Crippen LogP contribution in [0.25, 0.3) is 0 Å². The molecule has 0 aliphatic carbocycles. The molecular formula is C12H20N4O3. The molecule has 0 saturated heterocycles. The summed E-state index contributed by atoms with van der Waals surface area (Å²) in [5.74, 6) is 0.820. The van der Waals surface area contributed by atoms with E-state index in [0.717, 1.165) is 12.8 Å². The zero-order valence-electron chi connectivity index (χ0n) is 11.6. The first-order valence-corrected chi connectivity index (χ1v) is 6.55. The molecule has 0 unspecified atom stereocenters. The number of hydrogen-bond donors (Lipinski definition) is 1. The molecule has 19 heavy (non-hydrogen) atoms. The summed E-state index contributed by atoms with van der Waals surface area (Å²) in [4.78, 5) is 18.9. The second kappa shape index (κ2) is 7.50. The number of nitrogens with one attached hydrogen (secondary N) is 1. The molecule has 0 aliphatic rings. The summed E-state index contributed by atoms with van der Waals surface area (Å²) in [7, 11) is 0. The zero-order valence-corrected chi connectivity index (χ0v) is 11.6. The number of aromatic nitrogens is 2. The molecule has 7 nitrogen and oxygen atoms in total. The minimum atomic E-state index is -0.501. The fourth-order valence-corrected chi connectivity index (χ4v) is 1.51. The Morgan fingerprint density at radius 3 is 2.58 bits per heavy atom. The summed E-state index contributed by atoms with van der Waals surface area (Å²) in [5.41, 5.74) is -0.185. The molecule has 0 bridgehead atoms. The van der Waals surface area contributed by atoms with Crippen LogP contribution in [0.2, 0.25) is 0 Å². The summed E-state index contributed by atoms with van der Waals surface area (Å²) in [5, 5.41) is 14.0. The Balaban J connectivity index is 3.14. The molecule has 0 radical (unpaired) electrons. The highest BCUT2D eigenvalue weighted by Gasteiger charge is 2.25. The van der Waals surface area contributed by atoms with Gasteiger partial charge in [-0.15, -0.1) is 0 Å². The Kier molecular flexibility index (Phi) is 5.98. The highest BCUT2D eigenvalue weighted by molar-refractivity contribution is 5.61. The minimum Gasteiger partial charge on any atom is -0.473 e. The molecule has 0 saturated carbocycles. The zero-order chi connectivity index (χ0) is 14.3. The molecule has 1 aromatic rings. The molecule has 106 valence electrons. The van der Waals surface area contributed by atoms with E-state index in [0.29, 0.717) is 25.4 Å². The second-order valence-corrected chi connectivity index (χ2v) is 3.99. The second-order valence-electron chi connectivity index (χ2n) is 3.99. The van der Waals surface area contributed by atoms with E-state index in [-0.39, 0.29) is 17.4 Å². The van der Waals surface area contributed by atoms with Gasteiger partial charge in [0.15, 0.2) is 0 Å². The van der Waals surface area contributed by atoms with Crippen LogP contribution in [0.1, 0.15) is 39.4 Å². The minimum absolute atomic E-state index is 0.0567. The highest BCUT2D eigenvalue weighted by Crippen LogP contribution is 2.32. The maximum atomic E-state index is 11.2. The lowest BCUT2D eigenvalue weighted by Gasteiger charge is -2.10. The molecule has 0 fully saturated rings. The molecule has 1 N–H and O–H groups in total. The van der Waals surface area contributed by atoms with Crippen molar-refractivity contribution in [1.82, 2.24) is 9.97 Å². The number of nitrogens with zero attached hydrogens (tertiary/aromatic N) is 3. The first-order valence-electron chi connectivity index (χ1n) is 6.55. The van der Waals surface area contributed by atoms with Crippen molar-refractivity contribution in [2.45, 2.75) is 40.0 Å².